The first-order valence-electron chi connectivity index (χ1n) is 5.60. The average molecular weight is 257 g/mol. The fourth-order valence-corrected chi connectivity index (χ4v) is 2.84. The number of aromatic nitrogens is 3. The summed E-state index contributed by atoms with van der Waals surface area (Å²) < 4.78 is 2.71. The fourth-order valence-electron chi connectivity index (χ4n) is 1.87. The molecule has 1 aromatic carbocycles. The van der Waals surface area contributed by atoms with Gasteiger partial charge in [0.25, 0.3) is 0 Å². The summed E-state index contributed by atoms with van der Waals surface area (Å²) in [5.41, 5.74) is 1.57. The van der Waals surface area contributed by atoms with E-state index in [0.717, 1.165) is 15.2 Å². The van der Waals surface area contributed by atoms with Crippen LogP contribution >= 0.6 is 11.3 Å². The summed E-state index contributed by atoms with van der Waals surface area (Å²) in [6, 6.07) is 9.65. The molecule has 2 heterocycles. The molecule has 5 heteroatoms. The first kappa shape index (κ1) is 11.1. The number of ketones is 1. The van der Waals surface area contributed by atoms with E-state index in [9.17, 15) is 4.79 Å². The third kappa shape index (κ3) is 1.93. The van der Waals surface area contributed by atoms with Gasteiger partial charge in [0.05, 0.1) is 16.6 Å². The minimum absolute atomic E-state index is 0.0501. The molecule has 3 aromatic rings. The van der Waals surface area contributed by atoms with Crippen LogP contribution in [0.1, 0.15) is 15.5 Å². The molecule has 4 nitrogen and oxygen atoms in total. The number of benzene rings is 1. The molecule has 0 atom stereocenters. The Balaban J connectivity index is 1.88. The Morgan fingerprint density at radius 2 is 2.17 bits per heavy atom. The molecule has 0 aliphatic carbocycles. The number of hydrogen-bond acceptors (Lipinski definition) is 4. The molecule has 0 fully saturated rings. The summed E-state index contributed by atoms with van der Waals surface area (Å²) in [6.07, 6.45) is 1.96. The van der Waals surface area contributed by atoms with E-state index in [1.807, 2.05) is 24.3 Å². The average Bonchev–Trinajstić information content (AvgIpc) is 2.94. The van der Waals surface area contributed by atoms with Gasteiger partial charge < -0.3 is 0 Å². The predicted molar refractivity (Wildman–Crippen MR) is 70.9 cm³/mol. The van der Waals surface area contributed by atoms with Crippen molar-refractivity contribution in [1.29, 1.82) is 0 Å². The van der Waals surface area contributed by atoms with Crippen LogP contribution in [0.2, 0.25) is 0 Å². The van der Waals surface area contributed by atoms with Crippen molar-refractivity contribution in [3.63, 3.8) is 0 Å². The van der Waals surface area contributed by atoms with Gasteiger partial charge in [0.15, 0.2) is 5.78 Å². The lowest BCUT2D eigenvalue weighted by Gasteiger charge is -1.98. The molecule has 0 N–H and O–H groups in total. The molecule has 0 unspecified atom stereocenters. The van der Waals surface area contributed by atoms with Crippen molar-refractivity contribution in [2.24, 2.45) is 7.05 Å². The Bertz CT molecular complexity index is 681. The lowest BCUT2D eigenvalue weighted by Crippen LogP contribution is -2.09. The second-order valence-electron chi connectivity index (χ2n) is 4.02. The number of rotatable bonds is 3. The summed E-state index contributed by atoms with van der Waals surface area (Å²) in [5.74, 6) is 0.0501. The van der Waals surface area contributed by atoms with Crippen LogP contribution in [0.3, 0.4) is 0 Å². The van der Waals surface area contributed by atoms with Crippen LogP contribution in [0.5, 0.6) is 0 Å². The van der Waals surface area contributed by atoms with E-state index >= 15 is 0 Å². The van der Waals surface area contributed by atoms with Gasteiger partial charge in [-0.1, -0.05) is 12.1 Å². The second kappa shape index (κ2) is 4.34. The largest absolute Gasteiger partial charge is 0.292 e. The molecule has 0 radical (unpaired) electrons. The third-order valence-electron chi connectivity index (χ3n) is 2.76. The van der Waals surface area contributed by atoms with Crippen molar-refractivity contribution < 1.29 is 4.79 Å². The molecule has 0 amide bonds. The van der Waals surface area contributed by atoms with Crippen molar-refractivity contribution >= 4 is 27.3 Å². The predicted octanol–water partition coefficient (Wildman–Crippen LogP) is 2.46. The van der Waals surface area contributed by atoms with Crippen LogP contribution in [0, 0.1) is 0 Å². The van der Waals surface area contributed by atoms with Gasteiger partial charge >= 0.3 is 0 Å². The third-order valence-corrected chi connectivity index (χ3v) is 3.79. The Kier molecular flexibility index (Phi) is 2.68. The Morgan fingerprint density at radius 1 is 1.33 bits per heavy atom. The molecule has 18 heavy (non-hydrogen) atoms. The second-order valence-corrected chi connectivity index (χ2v) is 5.13. The van der Waals surface area contributed by atoms with Crippen LogP contribution in [0.4, 0.5) is 0 Å². The van der Waals surface area contributed by atoms with Gasteiger partial charge in [-0.05, 0) is 18.2 Å². The summed E-state index contributed by atoms with van der Waals surface area (Å²) >= 11 is 1.57. The van der Waals surface area contributed by atoms with E-state index in [1.165, 1.54) is 0 Å². The number of hydrogen-bond donors (Lipinski definition) is 0. The van der Waals surface area contributed by atoms with Crippen LogP contribution in [-0.4, -0.2) is 20.5 Å². The topological polar surface area (TPSA) is 47.8 Å². The minimum Gasteiger partial charge on any atom is -0.292 e. The number of thiazole rings is 1. The summed E-state index contributed by atoms with van der Waals surface area (Å²) in [6.45, 7) is 0. The van der Waals surface area contributed by atoms with Crippen LogP contribution in [-0.2, 0) is 13.5 Å². The highest BCUT2D eigenvalue weighted by atomic mass is 32.1. The molecule has 2 aromatic heterocycles. The minimum atomic E-state index is 0.0501. The number of nitrogens with zero attached hydrogens (tertiary/aromatic N) is 3. The number of para-hydroxylation sites is 1. The van der Waals surface area contributed by atoms with Crippen LogP contribution < -0.4 is 0 Å². The highest BCUT2D eigenvalue weighted by Gasteiger charge is 2.13. The summed E-state index contributed by atoms with van der Waals surface area (Å²) in [4.78, 5) is 16.5. The molecule has 0 saturated carbocycles. The van der Waals surface area contributed by atoms with E-state index in [1.54, 1.807) is 35.3 Å². The SMILES string of the molecule is Cn1nccc1C(=O)Cc1nc2ccccc2s1. The fraction of sp³-hybridized carbons (Fsp3) is 0.154. The van der Waals surface area contributed by atoms with Gasteiger partial charge in [-0.25, -0.2) is 4.98 Å². The Morgan fingerprint density at radius 3 is 2.89 bits per heavy atom. The maximum absolute atomic E-state index is 12.1. The van der Waals surface area contributed by atoms with Crippen molar-refractivity contribution in [1.82, 2.24) is 14.8 Å². The molecule has 0 spiro atoms. The lowest BCUT2D eigenvalue weighted by molar-refractivity contribution is 0.0984. The number of carbonyl (C=O) groups excluding carboxylic acids is 1. The van der Waals surface area contributed by atoms with Gasteiger partial charge in [0.1, 0.15) is 10.7 Å². The maximum Gasteiger partial charge on any atom is 0.187 e. The summed E-state index contributed by atoms with van der Waals surface area (Å²) in [7, 11) is 1.77. The Hall–Kier alpha value is -2.01. The standard InChI is InChI=1S/C13H11N3OS/c1-16-10(6-7-14-16)11(17)8-13-15-9-4-2-3-5-12(9)18-13/h2-7H,8H2,1H3. The van der Waals surface area contributed by atoms with Gasteiger partial charge in [-0.2, -0.15) is 5.10 Å². The number of aryl methyl sites for hydroxylation is 1. The maximum atomic E-state index is 12.1. The van der Waals surface area contributed by atoms with Crippen LogP contribution in [0.25, 0.3) is 10.2 Å². The molecule has 0 aliphatic heterocycles. The zero-order valence-corrected chi connectivity index (χ0v) is 10.6. The molecule has 3 rings (SSSR count). The molecule has 0 aliphatic rings. The monoisotopic (exact) mass is 257 g/mol. The van der Waals surface area contributed by atoms with Crippen LogP contribution in [0.15, 0.2) is 36.5 Å². The van der Waals surface area contributed by atoms with Gasteiger partial charge in [-0.15, -0.1) is 11.3 Å². The molecule has 0 bridgehead atoms. The van der Waals surface area contributed by atoms with Gasteiger partial charge in [0.2, 0.25) is 0 Å². The van der Waals surface area contributed by atoms with Crippen molar-refractivity contribution in [2.75, 3.05) is 0 Å². The highest BCUT2D eigenvalue weighted by Crippen LogP contribution is 2.22. The van der Waals surface area contributed by atoms with E-state index in [-0.39, 0.29) is 5.78 Å². The summed E-state index contributed by atoms with van der Waals surface area (Å²) in [5, 5.41) is 4.85. The number of carbonyl (C=O) groups is 1. The van der Waals surface area contributed by atoms with Crippen molar-refractivity contribution in [2.45, 2.75) is 6.42 Å². The van der Waals surface area contributed by atoms with E-state index in [2.05, 4.69) is 10.1 Å². The van der Waals surface area contributed by atoms with Crippen molar-refractivity contribution in [3.8, 4) is 0 Å². The molecular weight excluding hydrogens is 246 g/mol. The molecule has 90 valence electrons. The number of Topliss-reactive ketones (excluding diaryl/α,β-unsaturated/α-hetero) is 1. The van der Waals surface area contributed by atoms with E-state index in [0.29, 0.717) is 12.1 Å². The van der Waals surface area contributed by atoms with Crippen molar-refractivity contribution in [3.05, 3.63) is 47.2 Å². The molecule has 0 saturated heterocycles. The first-order valence-corrected chi connectivity index (χ1v) is 6.41. The highest BCUT2D eigenvalue weighted by molar-refractivity contribution is 7.18. The van der Waals surface area contributed by atoms with Gasteiger partial charge in [-0.3, -0.25) is 9.48 Å². The zero-order chi connectivity index (χ0) is 12.5. The zero-order valence-electron chi connectivity index (χ0n) is 9.83. The normalized spacial score (nSPS) is 10.9. The molecular formula is C13H11N3OS. The Labute approximate surface area is 108 Å². The van der Waals surface area contributed by atoms with Gasteiger partial charge in [0, 0.05) is 13.2 Å². The lowest BCUT2D eigenvalue weighted by atomic mass is 10.2. The number of fused-ring (bicyclic) bond motifs is 1. The van der Waals surface area contributed by atoms with E-state index in [4.69, 9.17) is 0 Å². The smallest absolute Gasteiger partial charge is 0.187 e. The quantitative estimate of drug-likeness (QED) is 0.677. The first-order chi connectivity index (χ1) is 8.74. The van der Waals surface area contributed by atoms with E-state index < -0.39 is 0 Å².